The van der Waals surface area contributed by atoms with E-state index in [2.05, 4.69) is 25.4 Å². The van der Waals surface area contributed by atoms with Crippen molar-refractivity contribution in [2.75, 3.05) is 25.4 Å². The Balaban J connectivity index is 1.66. The van der Waals surface area contributed by atoms with Crippen molar-refractivity contribution in [1.29, 1.82) is 0 Å². The lowest BCUT2D eigenvalue weighted by atomic mass is 10.2. The van der Waals surface area contributed by atoms with Crippen LogP contribution in [0.1, 0.15) is 44.5 Å². The van der Waals surface area contributed by atoms with Gasteiger partial charge in [0.15, 0.2) is 0 Å². The molecular weight excluding hydrogens is 244 g/mol. The van der Waals surface area contributed by atoms with Gasteiger partial charge in [-0.1, -0.05) is 0 Å². The quantitative estimate of drug-likeness (QED) is 0.693. The second-order valence-corrected chi connectivity index (χ2v) is 5.02. The highest BCUT2D eigenvalue weighted by Gasteiger charge is 2.14. The van der Waals surface area contributed by atoms with Crippen molar-refractivity contribution in [2.45, 2.75) is 38.6 Å². The fourth-order valence-electron chi connectivity index (χ4n) is 2.33. The van der Waals surface area contributed by atoms with E-state index < -0.39 is 0 Å². The van der Waals surface area contributed by atoms with Gasteiger partial charge in [-0.3, -0.25) is 9.89 Å². The van der Waals surface area contributed by atoms with Crippen LogP contribution in [0.2, 0.25) is 0 Å². The number of likely N-dealkylation sites (tertiary alicyclic amines) is 1. The van der Waals surface area contributed by atoms with Gasteiger partial charge in [0.2, 0.25) is 11.9 Å². The summed E-state index contributed by atoms with van der Waals surface area (Å²) >= 11 is 0. The zero-order valence-electron chi connectivity index (χ0n) is 11.4. The summed E-state index contributed by atoms with van der Waals surface area (Å²) in [4.78, 5) is 18.2. The first-order valence-electron chi connectivity index (χ1n) is 6.84. The average molecular weight is 266 g/mol. The first kappa shape index (κ1) is 13.8. The summed E-state index contributed by atoms with van der Waals surface area (Å²) in [5.41, 5.74) is 5.43. The fraction of sp³-hybridized carbons (Fsp3) is 0.750. The molecule has 106 valence electrons. The molecule has 2 heterocycles. The smallest absolute Gasteiger partial charge is 0.239 e. The standard InChI is InChI=1S/C12H22N6O/c1-9(11-15-12(13)17-16-11)14-10(19)5-4-8-18-6-2-3-7-18/h9H,2-8H2,1H3,(H,14,19)(H3,13,15,16,17). The molecule has 0 bridgehead atoms. The number of nitrogens with two attached hydrogens (primary N) is 1. The van der Waals surface area contributed by atoms with Crippen molar-refractivity contribution in [2.24, 2.45) is 0 Å². The summed E-state index contributed by atoms with van der Waals surface area (Å²) in [6.07, 6.45) is 4.02. The van der Waals surface area contributed by atoms with Crippen LogP contribution >= 0.6 is 0 Å². The molecule has 2 rings (SSSR count). The van der Waals surface area contributed by atoms with Gasteiger partial charge < -0.3 is 16.0 Å². The van der Waals surface area contributed by atoms with Crippen LogP contribution in [0.4, 0.5) is 5.95 Å². The number of anilines is 1. The summed E-state index contributed by atoms with van der Waals surface area (Å²) in [5, 5.41) is 9.33. The molecule has 1 unspecified atom stereocenters. The molecular formula is C12H22N6O. The van der Waals surface area contributed by atoms with Crippen molar-refractivity contribution >= 4 is 11.9 Å². The minimum absolute atomic E-state index is 0.0432. The van der Waals surface area contributed by atoms with Crippen molar-refractivity contribution in [3.63, 3.8) is 0 Å². The Labute approximate surface area is 113 Å². The third kappa shape index (κ3) is 4.20. The fourth-order valence-corrected chi connectivity index (χ4v) is 2.33. The molecule has 4 N–H and O–H groups in total. The minimum atomic E-state index is -0.191. The van der Waals surface area contributed by atoms with E-state index in [0.29, 0.717) is 12.2 Å². The van der Waals surface area contributed by atoms with Crippen LogP contribution in [0.3, 0.4) is 0 Å². The van der Waals surface area contributed by atoms with Gasteiger partial charge in [0.05, 0.1) is 6.04 Å². The number of aromatic nitrogens is 3. The SMILES string of the molecule is CC(NC(=O)CCCN1CCCC1)c1nc(N)n[nH]1. The van der Waals surface area contributed by atoms with Gasteiger partial charge in [-0.25, -0.2) is 0 Å². The maximum atomic E-state index is 11.8. The van der Waals surface area contributed by atoms with Crippen molar-refractivity contribution in [3.05, 3.63) is 5.82 Å². The number of nitrogen functional groups attached to an aromatic ring is 1. The Bertz CT molecular complexity index is 412. The molecule has 0 aromatic carbocycles. The number of aromatic amines is 1. The van der Waals surface area contributed by atoms with Crippen LogP contribution in [-0.4, -0.2) is 45.6 Å². The molecule has 1 aromatic heterocycles. The van der Waals surface area contributed by atoms with E-state index in [0.717, 1.165) is 13.0 Å². The van der Waals surface area contributed by atoms with Crippen LogP contribution in [0.25, 0.3) is 0 Å². The summed E-state index contributed by atoms with van der Waals surface area (Å²) < 4.78 is 0. The van der Waals surface area contributed by atoms with Crippen LogP contribution in [0, 0.1) is 0 Å². The Kier molecular flexibility index (Phi) is 4.73. The van der Waals surface area contributed by atoms with Crippen LogP contribution in [0.15, 0.2) is 0 Å². The Morgan fingerprint density at radius 2 is 2.26 bits per heavy atom. The summed E-state index contributed by atoms with van der Waals surface area (Å²) in [5.74, 6) is 0.831. The van der Waals surface area contributed by atoms with Gasteiger partial charge in [0, 0.05) is 6.42 Å². The predicted octanol–water partition coefficient (Wildman–Crippen LogP) is 0.440. The van der Waals surface area contributed by atoms with Gasteiger partial charge in [0.25, 0.3) is 0 Å². The number of hydrogen-bond acceptors (Lipinski definition) is 5. The first-order chi connectivity index (χ1) is 9.15. The van der Waals surface area contributed by atoms with E-state index in [9.17, 15) is 4.79 Å². The summed E-state index contributed by atoms with van der Waals surface area (Å²) in [7, 11) is 0. The lowest BCUT2D eigenvalue weighted by Gasteiger charge is -2.15. The number of carbonyl (C=O) groups excluding carboxylic acids is 1. The van der Waals surface area contributed by atoms with Gasteiger partial charge in [-0.2, -0.15) is 4.98 Å². The van der Waals surface area contributed by atoms with E-state index in [4.69, 9.17) is 5.73 Å². The maximum absolute atomic E-state index is 11.8. The lowest BCUT2D eigenvalue weighted by molar-refractivity contribution is -0.121. The normalized spacial score (nSPS) is 17.5. The molecule has 0 aliphatic carbocycles. The van der Waals surface area contributed by atoms with Crippen molar-refractivity contribution in [3.8, 4) is 0 Å². The third-order valence-corrected chi connectivity index (χ3v) is 3.38. The van der Waals surface area contributed by atoms with Gasteiger partial charge >= 0.3 is 0 Å². The molecule has 1 saturated heterocycles. The number of carbonyl (C=O) groups is 1. The van der Waals surface area contributed by atoms with E-state index in [-0.39, 0.29) is 17.9 Å². The highest BCUT2D eigenvalue weighted by atomic mass is 16.1. The number of hydrogen-bond donors (Lipinski definition) is 3. The van der Waals surface area contributed by atoms with Crippen LogP contribution in [-0.2, 0) is 4.79 Å². The zero-order chi connectivity index (χ0) is 13.7. The molecule has 7 nitrogen and oxygen atoms in total. The average Bonchev–Trinajstić information content (AvgIpc) is 3.00. The Hall–Kier alpha value is -1.63. The molecule has 0 saturated carbocycles. The highest BCUT2D eigenvalue weighted by molar-refractivity contribution is 5.76. The Morgan fingerprint density at radius 3 is 2.89 bits per heavy atom. The molecule has 1 fully saturated rings. The lowest BCUT2D eigenvalue weighted by Crippen LogP contribution is -2.28. The van der Waals surface area contributed by atoms with Gasteiger partial charge in [0.1, 0.15) is 5.82 Å². The minimum Gasteiger partial charge on any atom is -0.367 e. The molecule has 0 spiro atoms. The zero-order valence-corrected chi connectivity index (χ0v) is 11.4. The van der Waals surface area contributed by atoms with Crippen molar-refractivity contribution in [1.82, 2.24) is 25.4 Å². The molecule has 7 heteroatoms. The number of amides is 1. The second kappa shape index (κ2) is 6.51. The molecule has 1 atom stereocenters. The highest BCUT2D eigenvalue weighted by Crippen LogP contribution is 2.10. The van der Waals surface area contributed by atoms with E-state index in [1.165, 1.54) is 25.9 Å². The molecule has 0 radical (unpaired) electrons. The largest absolute Gasteiger partial charge is 0.367 e. The monoisotopic (exact) mass is 266 g/mol. The van der Waals surface area contributed by atoms with Crippen molar-refractivity contribution < 1.29 is 4.79 Å². The van der Waals surface area contributed by atoms with Gasteiger partial charge in [-0.15, -0.1) is 5.10 Å². The number of H-pyrrole nitrogens is 1. The van der Waals surface area contributed by atoms with Crippen LogP contribution in [0.5, 0.6) is 0 Å². The first-order valence-corrected chi connectivity index (χ1v) is 6.84. The van der Waals surface area contributed by atoms with Gasteiger partial charge in [-0.05, 0) is 45.8 Å². The van der Waals surface area contributed by atoms with E-state index in [1.54, 1.807) is 0 Å². The number of nitrogens with zero attached hydrogens (tertiary/aromatic N) is 3. The molecule has 1 aromatic rings. The molecule has 1 amide bonds. The molecule has 1 aliphatic heterocycles. The second-order valence-electron chi connectivity index (χ2n) is 5.02. The summed E-state index contributed by atoms with van der Waals surface area (Å²) in [6, 6.07) is -0.191. The topological polar surface area (TPSA) is 99.9 Å². The van der Waals surface area contributed by atoms with E-state index >= 15 is 0 Å². The summed E-state index contributed by atoms with van der Waals surface area (Å²) in [6.45, 7) is 5.22. The predicted molar refractivity (Wildman–Crippen MR) is 72.3 cm³/mol. The maximum Gasteiger partial charge on any atom is 0.239 e. The number of nitrogens with one attached hydrogen (secondary N) is 2. The van der Waals surface area contributed by atoms with E-state index in [1.807, 2.05) is 6.92 Å². The number of rotatable bonds is 6. The Morgan fingerprint density at radius 1 is 1.53 bits per heavy atom. The molecule has 1 aliphatic rings. The molecule has 19 heavy (non-hydrogen) atoms. The third-order valence-electron chi connectivity index (χ3n) is 3.38. The van der Waals surface area contributed by atoms with Crippen LogP contribution < -0.4 is 11.1 Å².